The third kappa shape index (κ3) is 3.88. The van der Waals surface area contributed by atoms with E-state index in [9.17, 15) is 0 Å². The first-order valence-corrected chi connectivity index (χ1v) is 9.28. The van der Waals surface area contributed by atoms with Crippen LogP contribution >= 0.6 is 0 Å². The lowest BCUT2D eigenvalue weighted by Crippen LogP contribution is -2.41. The number of aryl methyl sites for hydroxylation is 1. The second kappa shape index (κ2) is 7.32. The van der Waals surface area contributed by atoms with Crippen molar-refractivity contribution in [2.24, 2.45) is 0 Å². The summed E-state index contributed by atoms with van der Waals surface area (Å²) >= 11 is 0. The molecule has 1 atom stereocenters. The number of nitrogens with zero attached hydrogens (tertiary/aromatic N) is 1. The van der Waals surface area contributed by atoms with Crippen LogP contribution < -0.4 is 4.74 Å². The number of rotatable bonds is 5. The van der Waals surface area contributed by atoms with E-state index in [0.29, 0.717) is 6.10 Å². The van der Waals surface area contributed by atoms with E-state index >= 15 is 0 Å². The maximum atomic E-state index is 6.20. The number of hydrogen-bond donors (Lipinski definition) is 1. The fraction of sp³-hybridized carbons (Fsp3) is 0.364. The van der Waals surface area contributed by atoms with Gasteiger partial charge in [-0.2, -0.15) is 0 Å². The molecule has 3 heteroatoms. The van der Waals surface area contributed by atoms with E-state index in [1.165, 1.54) is 35.0 Å². The standard InChI is InChI=1S/C22H26N2O/c1-17-8-10-19(11-9-17)25-20-5-4-13-24(16-20)14-12-18-15-23-22-7-3-2-6-21(18)22/h2-3,6-11,15,20,23H,4-5,12-14,16H2,1H3. The summed E-state index contributed by atoms with van der Waals surface area (Å²) in [6.45, 7) is 5.40. The van der Waals surface area contributed by atoms with Crippen LogP contribution in [-0.4, -0.2) is 35.6 Å². The molecule has 1 aliphatic heterocycles. The van der Waals surface area contributed by atoms with Crippen molar-refractivity contribution in [1.29, 1.82) is 0 Å². The number of H-pyrrole nitrogens is 1. The van der Waals surface area contributed by atoms with Gasteiger partial charge in [-0.15, -0.1) is 0 Å². The van der Waals surface area contributed by atoms with Crippen molar-refractivity contribution >= 4 is 10.9 Å². The van der Waals surface area contributed by atoms with Crippen molar-refractivity contribution in [2.75, 3.05) is 19.6 Å². The van der Waals surface area contributed by atoms with E-state index in [1.54, 1.807) is 0 Å². The van der Waals surface area contributed by atoms with Gasteiger partial charge in [0.2, 0.25) is 0 Å². The van der Waals surface area contributed by atoms with E-state index < -0.39 is 0 Å². The molecule has 4 rings (SSSR count). The first-order valence-electron chi connectivity index (χ1n) is 9.28. The highest BCUT2D eigenvalue weighted by Gasteiger charge is 2.21. The summed E-state index contributed by atoms with van der Waals surface area (Å²) in [5.74, 6) is 0.995. The molecule has 0 aliphatic carbocycles. The van der Waals surface area contributed by atoms with Crippen LogP contribution in [0.1, 0.15) is 24.0 Å². The SMILES string of the molecule is Cc1ccc(OC2CCCN(CCc3c[nH]c4ccccc34)C2)cc1. The molecule has 3 aromatic rings. The average Bonchev–Trinajstić information content (AvgIpc) is 3.06. The minimum Gasteiger partial charge on any atom is -0.489 e. The molecular formula is C22H26N2O. The fourth-order valence-corrected chi connectivity index (χ4v) is 3.74. The van der Waals surface area contributed by atoms with E-state index in [-0.39, 0.29) is 0 Å². The Morgan fingerprint density at radius 2 is 1.96 bits per heavy atom. The van der Waals surface area contributed by atoms with Crippen LogP contribution in [0, 0.1) is 6.92 Å². The van der Waals surface area contributed by atoms with E-state index in [4.69, 9.17) is 4.74 Å². The molecule has 0 bridgehead atoms. The molecule has 0 saturated carbocycles. The molecule has 1 unspecified atom stereocenters. The topological polar surface area (TPSA) is 28.3 Å². The first kappa shape index (κ1) is 16.2. The molecule has 1 saturated heterocycles. The number of benzene rings is 2. The van der Waals surface area contributed by atoms with Crippen molar-refractivity contribution in [3.63, 3.8) is 0 Å². The number of para-hydroxylation sites is 1. The quantitative estimate of drug-likeness (QED) is 0.741. The zero-order chi connectivity index (χ0) is 17.1. The predicted molar refractivity (Wildman–Crippen MR) is 103 cm³/mol. The van der Waals surface area contributed by atoms with Crippen LogP contribution in [-0.2, 0) is 6.42 Å². The van der Waals surface area contributed by atoms with E-state index in [1.807, 2.05) is 0 Å². The monoisotopic (exact) mass is 334 g/mol. The largest absolute Gasteiger partial charge is 0.489 e. The molecule has 1 aromatic heterocycles. The summed E-state index contributed by atoms with van der Waals surface area (Å²) in [4.78, 5) is 5.92. The number of piperidine rings is 1. The number of aromatic nitrogens is 1. The van der Waals surface area contributed by atoms with Gasteiger partial charge < -0.3 is 9.72 Å². The minimum atomic E-state index is 0.305. The molecular weight excluding hydrogens is 308 g/mol. The van der Waals surface area contributed by atoms with Gasteiger partial charge in [-0.05, 0) is 56.5 Å². The number of aromatic amines is 1. The van der Waals surface area contributed by atoms with Crippen LogP contribution in [0.3, 0.4) is 0 Å². The Labute approximate surface area is 149 Å². The van der Waals surface area contributed by atoms with Crippen molar-refractivity contribution in [1.82, 2.24) is 9.88 Å². The van der Waals surface area contributed by atoms with Crippen molar-refractivity contribution in [3.8, 4) is 5.75 Å². The molecule has 2 heterocycles. The smallest absolute Gasteiger partial charge is 0.119 e. The van der Waals surface area contributed by atoms with Gasteiger partial charge >= 0.3 is 0 Å². The summed E-state index contributed by atoms with van der Waals surface area (Å²) in [5.41, 5.74) is 3.92. The van der Waals surface area contributed by atoms with Crippen LogP contribution in [0.25, 0.3) is 10.9 Å². The summed E-state index contributed by atoms with van der Waals surface area (Å²) in [5, 5.41) is 1.35. The molecule has 0 amide bonds. The van der Waals surface area contributed by atoms with Crippen molar-refractivity contribution < 1.29 is 4.74 Å². The van der Waals surface area contributed by atoms with Gasteiger partial charge in [0.1, 0.15) is 11.9 Å². The highest BCUT2D eigenvalue weighted by molar-refractivity contribution is 5.83. The summed E-state index contributed by atoms with van der Waals surface area (Å²) < 4.78 is 6.20. The highest BCUT2D eigenvalue weighted by atomic mass is 16.5. The van der Waals surface area contributed by atoms with E-state index in [0.717, 1.165) is 31.7 Å². The average molecular weight is 334 g/mol. The van der Waals surface area contributed by atoms with Crippen molar-refractivity contribution in [2.45, 2.75) is 32.3 Å². The fourth-order valence-electron chi connectivity index (χ4n) is 3.74. The third-order valence-corrected chi connectivity index (χ3v) is 5.16. The Morgan fingerprint density at radius 1 is 1.12 bits per heavy atom. The molecule has 1 aliphatic rings. The zero-order valence-corrected chi connectivity index (χ0v) is 14.9. The maximum Gasteiger partial charge on any atom is 0.119 e. The highest BCUT2D eigenvalue weighted by Crippen LogP contribution is 2.21. The molecule has 3 nitrogen and oxygen atoms in total. The van der Waals surface area contributed by atoms with Crippen molar-refractivity contribution in [3.05, 3.63) is 65.9 Å². The Bertz CT molecular complexity index is 821. The lowest BCUT2D eigenvalue weighted by molar-refractivity contribution is 0.0893. The Balaban J connectivity index is 1.34. The number of nitrogens with one attached hydrogen (secondary N) is 1. The van der Waals surface area contributed by atoms with Gasteiger partial charge in [-0.25, -0.2) is 0 Å². The Morgan fingerprint density at radius 3 is 2.84 bits per heavy atom. The Kier molecular flexibility index (Phi) is 4.75. The Hall–Kier alpha value is -2.26. The number of fused-ring (bicyclic) bond motifs is 1. The third-order valence-electron chi connectivity index (χ3n) is 5.16. The minimum absolute atomic E-state index is 0.305. The number of hydrogen-bond acceptors (Lipinski definition) is 2. The summed E-state index contributed by atoms with van der Waals surface area (Å²) in [6, 6.07) is 17.0. The summed E-state index contributed by atoms with van der Waals surface area (Å²) in [7, 11) is 0. The molecule has 0 spiro atoms. The van der Waals surface area contributed by atoms with Crippen LogP contribution in [0.5, 0.6) is 5.75 Å². The zero-order valence-electron chi connectivity index (χ0n) is 14.9. The summed E-state index contributed by atoms with van der Waals surface area (Å²) in [6.07, 6.45) is 5.91. The lowest BCUT2D eigenvalue weighted by Gasteiger charge is -2.32. The van der Waals surface area contributed by atoms with E-state index in [2.05, 4.69) is 71.5 Å². The molecule has 0 radical (unpaired) electrons. The maximum absolute atomic E-state index is 6.20. The van der Waals surface area contributed by atoms with Gasteiger partial charge in [-0.3, -0.25) is 4.90 Å². The van der Waals surface area contributed by atoms with Gasteiger partial charge in [0.25, 0.3) is 0 Å². The molecule has 1 fully saturated rings. The van der Waals surface area contributed by atoms with Gasteiger partial charge in [0, 0.05) is 30.2 Å². The first-order chi connectivity index (χ1) is 12.3. The van der Waals surface area contributed by atoms with Gasteiger partial charge in [-0.1, -0.05) is 35.9 Å². The van der Waals surface area contributed by atoms with Crippen LogP contribution in [0.2, 0.25) is 0 Å². The molecule has 25 heavy (non-hydrogen) atoms. The van der Waals surface area contributed by atoms with Gasteiger partial charge in [0.05, 0.1) is 0 Å². The van der Waals surface area contributed by atoms with Gasteiger partial charge in [0.15, 0.2) is 0 Å². The number of ether oxygens (including phenoxy) is 1. The normalized spacial score (nSPS) is 18.5. The van der Waals surface area contributed by atoms with Crippen LogP contribution in [0.4, 0.5) is 0 Å². The second-order valence-corrected chi connectivity index (χ2v) is 7.11. The molecule has 2 aromatic carbocycles. The predicted octanol–water partition coefficient (Wildman–Crippen LogP) is 4.56. The second-order valence-electron chi connectivity index (χ2n) is 7.11. The van der Waals surface area contributed by atoms with Crippen LogP contribution in [0.15, 0.2) is 54.7 Å². The lowest BCUT2D eigenvalue weighted by atomic mass is 10.1. The molecule has 130 valence electrons. The molecule has 1 N–H and O–H groups in total. The number of likely N-dealkylation sites (tertiary alicyclic amines) is 1.